The maximum atomic E-state index is 13.8. The van der Waals surface area contributed by atoms with E-state index in [-0.39, 0.29) is 16.3 Å². The third kappa shape index (κ3) is 1.88. The van der Waals surface area contributed by atoms with Gasteiger partial charge in [0, 0.05) is 22.4 Å². The molecule has 1 N–H and O–H groups in total. The zero-order valence-electron chi connectivity index (χ0n) is 7.80. The molecule has 16 heavy (non-hydrogen) atoms. The van der Waals surface area contributed by atoms with E-state index in [9.17, 15) is 9.18 Å². The molecule has 1 aromatic heterocycles. The molecule has 82 valence electrons. The lowest BCUT2D eigenvalue weighted by molar-refractivity contribution is 0.630. The number of nitrogens with zero attached hydrogens (tertiary/aromatic N) is 1. The third-order valence-electron chi connectivity index (χ3n) is 2.00. The van der Waals surface area contributed by atoms with Crippen molar-refractivity contribution in [3.8, 4) is 11.3 Å². The monoisotopic (exact) mass is 302 g/mol. The van der Waals surface area contributed by atoms with Gasteiger partial charge in [-0.2, -0.15) is 0 Å². The molecule has 2 rings (SSSR count). The highest BCUT2D eigenvalue weighted by molar-refractivity contribution is 9.10. The lowest BCUT2D eigenvalue weighted by atomic mass is 10.1. The van der Waals surface area contributed by atoms with E-state index in [1.807, 2.05) is 0 Å². The molecule has 6 heteroatoms. The Morgan fingerprint density at radius 1 is 1.44 bits per heavy atom. The second-order valence-electron chi connectivity index (χ2n) is 2.99. The molecule has 0 fully saturated rings. The SMILES string of the molecule is O=c1[nH]ccnc1-c1ccc(Br)c(Cl)c1F. The first-order valence-electron chi connectivity index (χ1n) is 4.29. The molecule has 0 atom stereocenters. The summed E-state index contributed by atoms with van der Waals surface area (Å²) in [5.74, 6) is -0.666. The Morgan fingerprint density at radius 2 is 2.19 bits per heavy atom. The van der Waals surface area contributed by atoms with Gasteiger partial charge in [-0.05, 0) is 28.1 Å². The molecule has 1 heterocycles. The molecule has 0 aliphatic heterocycles. The minimum Gasteiger partial charge on any atom is -0.326 e. The Labute approximate surface area is 103 Å². The summed E-state index contributed by atoms with van der Waals surface area (Å²) >= 11 is 8.82. The van der Waals surface area contributed by atoms with E-state index >= 15 is 0 Å². The summed E-state index contributed by atoms with van der Waals surface area (Å²) < 4.78 is 14.2. The van der Waals surface area contributed by atoms with Crippen LogP contribution in [0.2, 0.25) is 5.02 Å². The minimum atomic E-state index is -0.666. The Hall–Kier alpha value is -1.20. The number of H-pyrrole nitrogens is 1. The smallest absolute Gasteiger partial charge is 0.274 e. The quantitative estimate of drug-likeness (QED) is 0.823. The van der Waals surface area contributed by atoms with Gasteiger partial charge in [0.1, 0.15) is 5.69 Å². The van der Waals surface area contributed by atoms with Crippen molar-refractivity contribution in [2.75, 3.05) is 0 Å². The van der Waals surface area contributed by atoms with Gasteiger partial charge in [0.15, 0.2) is 5.82 Å². The van der Waals surface area contributed by atoms with Crippen LogP contribution in [0, 0.1) is 5.82 Å². The van der Waals surface area contributed by atoms with Crippen molar-refractivity contribution in [1.29, 1.82) is 0 Å². The van der Waals surface area contributed by atoms with Crippen LogP contribution in [-0.4, -0.2) is 9.97 Å². The van der Waals surface area contributed by atoms with E-state index < -0.39 is 11.4 Å². The van der Waals surface area contributed by atoms with Crippen LogP contribution < -0.4 is 5.56 Å². The highest BCUT2D eigenvalue weighted by atomic mass is 79.9. The molecule has 0 spiro atoms. The van der Waals surface area contributed by atoms with Crippen LogP contribution in [0.5, 0.6) is 0 Å². The fourth-order valence-corrected chi connectivity index (χ4v) is 1.72. The minimum absolute atomic E-state index is 0.00870. The van der Waals surface area contributed by atoms with Gasteiger partial charge in [-0.25, -0.2) is 9.37 Å². The fourth-order valence-electron chi connectivity index (χ4n) is 1.25. The van der Waals surface area contributed by atoms with Crippen LogP contribution in [0.15, 0.2) is 33.8 Å². The van der Waals surface area contributed by atoms with Gasteiger partial charge < -0.3 is 4.98 Å². The first-order valence-corrected chi connectivity index (χ1v) is 5.46. The predicted octanol–water partition coefficient (Wildman–Crippen LogP) is 2.99. The first-order chi connectivity index (χ1) is 7.61. The van der Waals surface area contributed by atoms with Gasteiger partial charge in [-0.15, -0.1) is 0 Å². The maximum Gasteiger partial charge on any atom is 0.274 e. The standard InChI is InChI=1S/C10H5BrClFN2O/c11-6-2-1-5(8(13)7(6)12)9-10(16)15-4-3-14-9/h1-4H,(H,15,16). The third-order valence-corrected chi connectivity index (χ3v) is 3.26. The average molecular weight is 304 g/mol. The molecule has 1 aromatic carbocycles. The van der Waals surface area contributed by atoms with Crippen LogP contribution in [0.3, 0.4) is 0 Å². The number of halogens is 3. The fraction of sp³-hybridized carbons (Fsp3) is 0. The number of aromatic amines is 1. The van der Waals surface area contributed by atoms with Gasteiger partial charge in [0.05, 0.1) is 5.02 Å². The zero-order valence-corrected chi connectivity index (χ0v) is 10.1. The molecule has 0 radical (unpaired) electrons. The molecule has 0 aliphatic rings. The molecule has 3 nitrogen and oxygen atoms in total. The van der Waals surface area contributed by atoms with Crippen molar-refractivity contribution in [2.45, 2.75) is 0 Å². The van der Waals surface area contributed by atoms with Crippen LogP contribution in [0.4, 0.5) is 4.39 Å². The van der Waals surface area contributed by atoms with Crippen LogP contribution >= 0.6 is 27.5 Å². The topological polar surface area (TPSA) is 45.8 Å². The number of aromatic nitrogens is 2. The van der Waals surface area contributed by atoms with Gasteiger partial charge in [-0.1, -0.05) is 11.6 Å². The molecule has 2 aromatic rings. The van der Waals surface area contributed by atoms with Gasteiger partial charge in [0.2, 0.25) is 0 Å². The lowest BCUT2D eigenvalue weighted by Gasteiger charge is -2.04. The van der Waals surface area contributed by atoms with E-state index in [0.717, 1.165) is 0 Å². The molecule has 0 bridgehead atoms. The van der Waals surface area contributed by atoms with Gasteiger partial charge >= 0.3 is 0 Å². The Bertz CT molecular complexity index is 600. The normalized spacial score (nSPS) is 10.4. The summed E-state index contributed by atoms with van der Waals surface area (Å²) in [4.78, 5) is 17.7. The molecule has 0 saturated heterocycles. The van der Waals surface area contributed by atoms with Crippen LogP contribution in [0.25, 0.3) is 11.3 Å². The summed E-state index contributed by atoms with van der Waals surface area (Å²) in [6.45, 7) is 0. The van der Waals surface area contributed by atoms with Crippen molar-refractivity contribution in [2.24, 2.45) is 0 Å². The van der Waals surface area contributed by atoms with Gasteiger partial charge in [-0.3, -0.25) is 4.79 Å². The number of rotatable bonds is 1. The highest BCUT2D eigenvalue weighted by Gasteiger charge is 2.14. The highest BCUT2D eigenvalue weighted by Crippen LogP contribution is 2.30. The van der Waals surface area contributed by atoms with Crippen molar-refractivity contribution < 1.29 is 4.39 Å². The first kappa shape index (κ1) is 11.3. The predicted molar refractivity (Wildman–Crippen MR) is 63.0 cm³/mol. The van der Waals surface area contributed by atoms with E-state index in [4.69, 9.17) is 11.6 Å². The largest absolute Gasteiger partial charge is 0.326 e. The summed E-state index contributed by atoms with van der Waals surface area (Å²) in [5, 5.41) is -0.0671. The summed E-state index contributed by atoms with van der Waals surface area (Å²) in [7, 11) is 0. The Kier molecular flexibility index (Phi) is 3.07. The second kappa shape index (κ2) is 4.35. The van der Waals surface area contributed by atoms with Crippen molar-refractivity contribution >= 4 is 27.5 Å². The molecule has 0 aliphatic carbocycles. The number of hydrogen-bond acceptors (Lipinski definition) is 2. The Balaban J connectivity index is 2.71. The van der Waals surface area contributed by atoms with Crippen LogP contribution in [-0.2, 0) is 0 Å². The molecular formula is C10H5BrClFN2O. The molecule has 0 unspecified atom stereocenters. The molecular weight excluding hydrogens is 298 g/mol. The average Bonchev–Trinajstić information content (AvgIpc) is 2.28. The number of nitrogens with one attached hydrogen (secondary N) is 1. The summed E-state index contributed by atoms with van der Waals surface area (Å²) in [6.07, 6.45) is 2.76. The molecule has 0 amide bonds. The maximum absolute atomic E-state index is 13.8. The number of hydrogen-bond donors (Lipinski definition) is 1. The van der Waals surface area contributed by atoms with Crippen LogP contribution in [0.1, 0.15) is 0 Å². The van der Waals surface area contributed by atoms with Crippen molar-refractivity contribution in [3.63, 3.8) is 0 Å². The summed E-state index contributed by atoms with van der Waals surface area (Å²) in [5.41, 5.74) is -0.371. The van der Waals surface area contributed by atoms with Crippen molar-refractivity contribution in [1.82, 2.24) is 9.97 Å². The Morgan fingerprint density at radius 3 is 2.88 bits per heavy atom. The van der Waals surface area contributed by atoms with E-state index in [2.05, 4.69) is 25.9 Å². The van der Waals surface area contributed by atoms with Crippen molar-refractivity contribution in [3.05, 3.63) is 50.2 Å². The van der Waals surface area contributed by atoms with Gasteiger partial charge in [0.25, 0.3) is 5.56 Å². The van der Waals surface area contributed by atoms with E-state index in [1.165, 1.54) is 18.5 Å². The van der Waals surface area contributed by atoms with E-state index in [1.54, 1.807) is 6.07 Å². The number of benzene rings is 1. The zero-order chi connectivity index (χ0) is 11.7. The lowest BCUT2D eigenvalue weighted by Crippen LogP contribution is -2.10. The summed E-state index contributed by atoms with van der Waals surface area (Å²) in [6, 6.07) is 3.01. The van der Waals surface area contributed by atoms with E-state index in [0.29, 0.717) is 4.47 Å². The molecule has 0 saturated carbocycles. The second-order valence-corrected chi connectivity index (χ2v) is 4.22.